The van der Waals surface area contributed by atoms with Crippen molar-refractivity contribution in [3.8, 4) is 12.3 Å². The fraction of sp³-hybridized carbons (Fsp3) is 0.288. The lowest BCUT2D eigenvalue weighted by Crippen LogP contribution is -2.61. The summed E-state index contributed by atoms with van der Waals surface area (Å²) < 4.78 is 0. The molecule has 0 amide bonds. The van der Waals surface area contributed by atoms with E-state index >= 15 is 0 Å². The number of fused-ring (bicyclic) bond motifs is 4. The van der Waals surface area contributed by atoms with Crippen molar-refractivity contribution in [2.75, 3.05) is 21.2 Å². The topological polar surface area (TPSA) is 9.72 Å². The Morgan fingerprint density at radius 3 is 1.21 bits per heavy atom. The summed E-state index contributed by atoms with van der Waals surface area (Å²) in [6, 6.07) is 38.6. The largest absolute Gasteiger partial charge is 0.339 e. The van der Waals surface area contributed by atoms with Gasteiger partial charge in [0, 0.05) is 52.0 Å². The Morgan fingerprint density at radius 1 is 0.486 bits per heavy atom. The average molecular weight is 932 g/mol. The molecule has 0 fully saturated rings. The van der Waals surface area contributed by atoms with E-state index in [1.807, 2.05) is 0 Å². The maximum Gasteiger partial charge on any atom is 0.252 e. The molecule has 72 heavy (non-hydrogen) atoms. The summed E-state index contributed by atoms with van der Waals surface area (Å²) in [6.07, 6.45) is 6.05. The van der Waals surface area contributed by atoms with Crippen LogP contribution < -0.4 is 58.4 Å². The second-order valence-corrected chi connectivity index (χ2v) is 25.5. The first-order valence-electron chi connectivity index (χ1n) is 26.4. The molecule has 6 aromatic rings. The first kappa shape index (κ1) is 52.7. The van der Waals surface area contributed by atoms with Crippen molar-refractivity contribution in [3.05, 3.63) is 141 Å². The van der Waals surface area contributed by atoms with Crippen LogP contribution in [0.25, 0.3) is 0 Å². The average Bonchev–Trinajstić information content (AvgIpc) is 3.32. The highest BCUT2D eigenvalue weighted by Crippen LogP contribution is 2.48. The number of hydrogen-bond donors (Lipinski definition) is 0. The van der Waals surface area contributed by atoms with E-state index in [0.717, 1.165) is 28.0 Å². The van der Waals surface area contributed by atoms with Gasteiger partial charge in [0.2, 0.25) is 0 Å². The number of terminal acetylenes is 1. The van der Waals surface area contributed by atoms with Crippen LogP contribution in [0.3, 0.4) is 0 Å². The molecule has 354 valence electrons. The normalized spacial score (nSPS) is 14.2. The Morgan fingerprint density at radius 2 is 0.847 bits per heavy atom. The van der Waals surface area contributed by atoms with Crippen molar-refractivity contribution >= 4 is 167 Å². The van der Waals surface area contributed by atoms with E-state index in [4.69, 9.17) is 6.42 Å². The van der Waals surface area contributed by atoms with E-state index in [1.165, 1.54) is 105 Å². The van der Waals surface area contributed by atoms with Gasteiger partial charge in [0.15, 0.2) is 0 Å². The highest BCUT2D eigenvalue weighted by atomic mass is 15.2. The van der Waals surface area contributed by atoms with Crippen molar-refractivity contribution < 1.29 is 0 Å². The maximum atomic E-state index is 6.05. The molecule has 2 aliphatic heterocycles. The smallest absolute Gasteiger partial charge is 0.252 e. The van der Waals surface area contributed by atoms with Gasteiger partial charge in [0.25, 0.3) is 6.71 Å². The van der Waals surface area contributed by atoms with Gasteiger partial charge in [-0.1, -0.05) is 170 Å². The molecule has 0 N–H and O–H groups in total. The van der Waals surface area contributed by atoms with Gasteiger partial charge in [-0.3, -0.25) is 0 Å². The van der Waals surface area contributed by atoms with Crippen LogP contribution in [0.1, 0.15) is 105 Å². The van der Waals surface area contributed by atoms with Crippen LogP contribution in [0.5, 0.6) is 0 Å². The summed E-state index contributed by atoms with van der Waals surface area (Å²) in [4.78, 5) is 7.81. The molecule has 0 radical (unpaired) electrons. The monoisotopic (exact) mass is 934 g/mol. The first-order chi connectivity index (χ1) is 33.4. The maximum absolute atomic E-state index is 6.05. The molecule has 0 spiro atoms. The van der Waals surface area contributed by atoms with Crippen molar-refractivity contribution in [3.63, 3.8) is 0 Å². The third-order valence-corrected chi connectivity index (χ3v) is 16.7. The van der Waals surface area contributed by atoms with Crippen LogP contribution in [0.4, 0.5) is 45.5 Å². The van der Waals surface area contributed by atoms with Crippen LogP contribution in [-0.4, -0.2) is 83.9 Å². The van der Waals surface area contributed by atoms with Crippen molar-refractivity contribution in [2.45, 2.75) is 105 Å². The Kier molecular flexibility index (Phi) is 13.7. The fourth-order valence-electron chi connectivity index (χ4n) is 11.1. The van der Waals surface area contributed by atoms with E-state index in [0.29, 0.717) is 6.54 Å². The molecule has 0 atom stereocenters. The molecule has 0 unspecified atom stereocenters. The third kappa shape index (κ3) is 9.35. The summed E-state index contributed by atoms with van der Waals surface area (Å²) in [5.41, 5.74) is 30.1. The Labute approximate surface area is 443 Å². The highest BCUT2D eigenvalue weighted by molar-refractivity contribution is 7.00. The number of nitrogens with zero attached hydrogens (tertiary/aromatic N) is 3. The van der Waals surface area contributed by atoms with E-state index in [-0.39, 0.29) is 28.4 Å². The first-order valence-corrected chi connectivity index (χ1v) is 26.4. The lowest BCUT2D eigenvalue weighted by molar-refractivity contribution is 0.590. The summed E-state index contributed by atoms with van der Waals surface area (Å²) in [6.45, 7) is 28.6. The quantitative estimate of drug-likeness (QED) is 0.134. The number of allylic oxidation sites excluding steroid dienone is 3. The Hall–Kier alpha value is -5.59. The fourth-order valence-corrected chi connectivity index (χ4v) is 11.1. The van der Waals surface area contributed by atoms with Crippen molar-refractivity contribution in [1.82, 2.24) is 0 Å². The molecular formula is C59H73B10N3. The number of hydrogen-bond acceptors (Lipinski definition) is 3. The Bertz CT molecular complexity index is 3090. The van der Waals surface area contributed by atoms with Crippen LogP contribution >= 0.6 is 0 Å². The molecule has 13 heteroatoms. The summed E-state index contributed by atoms with van der Waals surface area (Å²) in [7, 11) is 20.3. The zero-order valence-corrected chi connectivity index (χ0v) is 47.9. The highest BCUT2D eigenvalue weighted by Gasteiger charge is 2.45. The second-order valence-electron chi connectivity index (χ2n) is 25.5. The van der Waals surface area contributed by atoms with Gasteiger partial charge in [-0.15, -0.1) is 17.4 Å². The Balaban J connectivity index is 1.57. The molecular weight excluding hydrogens is 859 g/mol. The third-order valence-electron chi connectivity index (χ3n) is 16.7. The summed E-state index contributed by atoms with van der Waals surface area (Å²) in [5.74, 6) is 2.94. The predicted octanol–water partition coefficient (Wildman–Crippen LogP) is 0.978. The molecule has 0 aromatic heterocycles. The molecule has 0 aliphatic carbocycles. The van der Waals surface area contributed by atoms with Gasteiger partial charge in [-0.2, -0.15) is 0 Å². The molecule has 0 saturated carbocycles. The van der Waals surface area contributed by atoms with E-state index in [9.17, 15) is 0 Å². The molecule has 6 aromatic carbocycles. The van der Waals surface area contributed by atoms with Crippen LogP contribution in [0.15, 0.2) is 119 Å². The predicted molar refractivity (Wildman–Crippen MR) is 347 cm³/mol. The van der Waals surface area contributed by atoms with E-state index in [1.54, 1.807) is 0 Å². The van der Waals surface area contributed by atoms with Gasteiger partial charge in [-0.25, -0.2) is 0 Å². The van der Waals surface area contributed by atoms with Gasteiger partial charge in [-0.05, 0) is 114 Å². The SMILES string of the molecule is B/C(C#C)=C(B)/C(B)=C(/B)CN(c1cc2c3c(c1)N(c1ccc(C(C)(C)C)cc1)c1ccc(C(C)(C)C)cc1B3c1cc(C(C)(C)C)ccc1N2c1ccc(C(C)(C)C)cc1)c1c(B)c(B)c(B)c(B)c1B. The molecule has 2 heterocycles. The number of anilines is 8. The van der Waals surface area contributed by atoms with E-state index in [2.05, 4.69) is 271 Å². The van der Waals surface area contributed by atoms with E-state index < -0.39 is 0 Å². The van der Waals surface area contributed by atoms with Crippen LogP contribution in [0, 0.1) is 12.3 Å². The van der Waals surface area contributed by atoms with Gasteiger partial charge in [0.05, 0.1) is 0 Å². The number of benzene rings is 6. The minimum absolute atomic E-state index is 0.0119. The van der Waals surface area contributed by atoms with Crippen LogP contribution in [0.2, 0.25) is 0 Å². The lowest BCUT2D eigenvalue weighted by atomic mass is 9.33. The molecule has 2 aliphatic rings. The molecule has 0 saturated heterocycles. The second kappa shape index (κ2) is 18.7. The van der Waals surface area contributed by atoms with Crippen molar-refractivity contribution in [1.29, 1.82) is 0 Å². The minimum atomic E-state index is -0.0525. The van der Waals surface area contributed by atoms with Gasteiger partial charge < -0.3 is 14.7 Å². The summed E-state index contributed by atoms with van der Waals surface area (Å²) >= 11 is 0. The molecule has 8 rings (SSSR count). The van der Waals surface area contributed by atoms with Gasteiger partial charge in [0.1, 0.15) is 70.6 Å². The van der Waals surface area contributed by atoms with Crippen LogP contribution in [-0.2, 0) is 21.7 Å². The molecule has 0 bridgehead atoms. The zero-order chi connectivity index (χ0) is 52.9. The lowest BCUT2D eigenvalue weighted by Gasteiger charge is -2.46. The van der Waals surface area contributed by atoms with Crippen molar-refractivity contribution in [2.24, 2.45) is 0 Å². The summed E-state index contributed by atoms with van der Waals surface area (Å²) in [5, 5.41) is 0. The standard InChI is InChI=1S/C59H73B10N3/c1-14-39(60)47(62)48(63)40(61)31-70(55-52(67)50(65)49(64)51(66)53(55)68)38-29-45-54-46(30-38)72(37-23-17-33(18-24-37)57(5,6)7)44-26-20-35(59(11,12)13)28-42(44)69(54)41-27-34(58(8,9)10)19-25-43(41)71(45)36-21-15-32(16-22-36)56(2,3)4/h1,15-30H,31,60-68H2,2-13H3/b47-39-,48-40-. The molecule has 3 nitrogen and oxygen atoms in total. The number of rotatable bonds is 7. The minimum Gasteiger partial charge on any atom is -0.339 e. The van der Waals surface area contributed by atoms with Gasteiger partial charge >= 0.3 is 0 Å². The zero-order valence-electron chi connectivity index (χ0n) is 47.9.